The molecule has 0 aromatic carbocycles. The first-order chi connectivity index (χ1) is 10.6. The van der Waals surface area contributed by atoms with E-state index in [0.29, 0.717) is 18.0 Å². The van der Waals surface area contributed by atoms with Gasteiger partial charge in [0.2, 0.25) is 0 Å². The lowest BCUT2D eigenvalue weighted by Gasteiger charge is -2.33. The number of anilines is 1. The molecule has 0 spiro atoms. The van der Waals surface area contributed by atoms with Gasteiger partial charge in [0.05, 0.1) is 0 Å². The summed E-state index contributed by atoms with van der Waals surface area (Å²) >= 11 is 0. The Balaban J connectivity index is 0.00000144. The van der Waals surface area contributed by atoms with Crippen molar-refractivity contribution in [1.82, 2.24) is 15.2 Å². The monoisotopic (exact) mass is 375 g/mol. The molecule has 1 unspecified atom stereocenters. The highest BCUT2D eigenvalue weighted by atomic mass is 35.5. The van der Waals surface area contributed by atoms with Gasteiger partial charge in [0.1, 0.15) is 5.82 Å². The summed E-state index contributed by atoms with van der Waals surface area (Å²) in [5, 5.41) is 2.94. The van der Waals surface area contributed by atoms with Crippen molar-refractivity contribution >= 4 is 36.5 Å². The SMILES string of the molecule is CN1CCN(c2cc(C(=O)NCC(N)C3CC3)ccn2)CC1.Cl.Cl. The number of halogens is 2. The van der Waals surface area contributed by atoms with Crippen LogP contribution in [-0.4, -0.2) is 61.6 Å². The van der Waals surface area contributed by atoms with Crippen LogP contribution in [0, 0.1) is 5.92 Å². The van der Waals surface area contributed by atoms with Crippen molar-refractivity contribution in [1.29, 1.82) is 0 Å². The number of nitrogens with zero attached hydrogens (tertiary/aromatic N) is 3. The second-order valence-electron chi connectivity index (χ2n) is 6.40. The Bertz CT molecular complexity index is 533. The number of amides is 1. The average molecular weight is 376 g/mol. The van der Waals surface area contributed by atoms with Crippen molar-refractivity contribution in [2.24, 2.45) is 11.7 Å². The second-order valence-corrected chi connectivity index (χ2v) is 6.40. The highest BCUT2D eigenvalue weighted by molar-refractivity contribution is 5.94. The molecule has 0 bridgehead atoms. The number of likely N-dealkylation sites (N-methyl/N-ethyl adjacent to an activating group) is 1. The van der Waals surface area contributed by atoms with E-state index in [-0.39, 0.29) is 36.8 Å². The average Bonchev–Trinajstić information content (AvgIpc) is 3.38. The highest BCUT2D eigenvalue weighted by Crippen LogP contribution is 2.31. The maximum absolute atomic E-state index is 12.3. The number of aromatic nitrogens is 1. The fourth-order valence-electron chi connectivity index (χ4n) is 2.77. The lowest BCUT2D eigenvalue weighted by molar-refractivity contribution is 0.0950. The Kier molecular flexibility index (Phi) is 8.22. The van der Waals surface area contributed by atoms with Crippen LogP contribution in [0.2, 0.25) is 0 Å². The predicted octanol–water partition coefficient (Wildman–Crippen LogP) is 1.14. The second kappa shape index (κ2) is 9.42. The van der Waals surface area contributed by atoms with Crippen LogP contribution < -0.4 is 16.0 Å². The number of carbonyl (C=O) groups is 1. The van der Waals surface area contributed by atoms with Gasteiger partial charge in [-0.1, -0.05) is 0 Å². The van der Waals surface area contributed by atoms with Crippen LogP contribution >= 0.6 is 24.8 Å². The van der Waals surface area contributed by atoms with Gasteiger partial charge in [-0.15, -0.1) is 24.8 Å². The third-order valence-electron chi connectivity index (χ3n) is 4.56. The summed E-state index contributed by atoms with van der Waals surface area (Å²) in [6.45, 7) is 4.49. The van der Waals surface area contributed by atoms with E-state index < -0.39 is 0 Å². The van der Waals surface area contributed by atoms with Gasteiger partial charge in [0.25, 0.3) is 5.91 Å². The summed E-state index contributed by atoms with van der Waals surface area (Å²) < 4.78 is 0. The molecule has 6 nitrogen and oxygen atoms in total. The molecule has 1 saturated heterocycles. The van der Waals surface area contributed by atoms with Gasteiger partial charge in [-0.25, -0.2) is 4.98 Å². The van der Waals surface area contributed by atoms with Crippen LogP contribution in [0.15, 0.2) is 18.3 Å². The molecule has 1 aliphatic carbocycles. The molecule has 8 heteroatoms. The lowest BCUT2D eigenvalue weighted by atomic mass is 10.2. The van der Waals surface area contributed by atoms with Crippen LogP contribution in [0.25, 0.3) is 0 Å². The molecule has 1 saturated carbocycles. The summed E-state index contributed by atoms with van der Waals surface area (Å²) in [5.74, 6) is 1.42. The van der Waals surface area contributed by atoms with Gasteiger partial charge in [0.15, 0.2) is 0 Å². The molecule has 2 fully saturated rings. The van der Waals surface area contributed by atoms with Crippen molar-refractivity contribution in [3.8, 4) is 0 Å². The number of hydrogen-bond donors (Lipinski definition) is 2. The summed E-state index contributed by atoms with van der Waals surface area (Å²) in [4.78, 5) is 21.2. The van der Waals surface area contributed by atoms with Gasteiger partial charge >= 0.3 is 0 Å². The molecule has 3 rings (SSSR count). The molecular weight excluding hydrogens is 349 g/mol. The van der Waals surface area contributed by atoms with Crippen molar-refractivity contribution in [2.75, 3.05) is 44.7 Å². The van der Waals surface area contributed by atoms with Crippen molar-refractivity contribution < 1.29 is 4.79 Å². The van der Waals surface area contributed by atoms with E-state index in [9.17, 15) is 4.79 Å². The lowest BCUT2D eigenvalue weighted by Crippen LogP contribution is -2.45. The number of rotatable bonds is 5. The van der Waals surface area contributed by atoms with Gasteiger partial charge in [0, 0.05) is 50.5 Å². The van der Waals surface area contributed by atoms with Crippen LogP contribution in [0.4, 0.5) is 5.82 Å². The zero-order chi connectivity index (χ0) is 15.5. The molecule has 2 aliphatic rings. The highest BCUT2D eigenvalue weighted by Gasteiger charge is 2.28. The quantitative estimate of drug-likeness (QED) is 0.806. The first-order valence-electron chi connectivity index (χ1n) is 8.07. The molecule has 3 N–H and O–H groups in total. The van der Waals surface area contributed by atoms with E-state index in [1.807, 2.05) is 6.07 Å². The molecule has 2 heterocycles. The molecule has 24 heavy (non-hydrogen) atoms. The van der Waals surface area contributed by atoms with E-state index in [1.54, 1.807) is 12.3 Å². The van der Waals surface area contributed by atoms with E-state index >= 15 is 0 Å². The summed E-state index contributed by atoms with van der Waals surface area (Å²) in [5.41, 5.74) is 6.68. The van der Waals surface area contributed by atoms with E-state index in [2.05, 4.69) is 27.1 Å². The molecule has 136 valence electrons. The fraction of sp³-hybridized carbons (Fsp3) is 0.625. The largest absolute Gasteiger partial charge is 0.354 e. The van der Waals surface area contributed by atoms with Gasteiger partial charge < -0.3 is 20.9 Å². The number of pyridine rings is 1. The molecular formula is C16H27Cl2N5O. The first-order valence-corrected chi connectivity index (χ1v) is 8.07. The molecule has 1 aliphatic heterocycles. The molecule has 0 radical (unpaired) electrons. The van der Waals surface area contributed by atoms with Crippen LogP contribution in [0.1, 0.15) is 23.2 Å². The maximum atomic E-state index is 12.3. The number of nitrogens with one attached hydrogen (secondary N) is 1. The van der Waals surface area contributed by atoms with E-state index in [4.69, 9.17) is 5.73 Å². The summed E-state index contributed by atoms with van der Waals surface area (Å²) in [6, 6.07) is 3.73. The third-order valence-corrected chi connectivity index (χ3v) is 4.56. The number of carbonyl (C=O) groups excluding carboxylic acids is 1. The molecule has 1 aromatic rings. The Hall–Kier alpha value is -1.08. The standard InChI is InChI=1S/C16H25N5O.2ClH/c1-20-6-8-21(9-7-20)15-10-13(4-5-18-15)16(22)19-11-14(17)12-2-3-12;;/h4-5,10,12,14H,2-3,6-9,11,17H2,1H3,(H,19,22);2*1H. The molecule has 1 aromatic heterocycles. The fourth-order valence-corrected chi connectivity index (χ4v) is 2.77. The number of piperazine rings is 1. The normalized spacial score (nSPS) is 19.0. The van der Waals surface area contributed by atoms with Crippen LogP contribution in [-0.2, 0) is 0 Å². The maximum Gasteiger partial charge on any atom is 0.251 e. The van der Waals surface area contributed by atoms with Gasteiger partial charge in [-0.05, 0) is 37.9 Å². The Labute approximate surface area is 156 Å². The summed E-state index contributed by atoms with van der Waals surface area (Å²) in [7, 11) is 2.12. The topological polar surface area (TPSA) is 74.5 Å². The summed E-state index contributed by atoms with van der Waals surface area (Å²) in [6.07, 6.45) is 4.10. The zero-order valence-corrected chi connectivity index (χ0v) is 15.6. The predicted molar refractivity (Wildman–Crippen MR) is 101 cm³/mol. The van der Waals surface area contributed by atoms with Crippen molar-refractivity contribution in [3.05, 3.63) is 23.9 Å². The number of hydrogen-bond acceptors (Lipinski definition) is 5. The first kappa shape index (κ1) is 21.0. The number of nitrogens with two attached hydrogens (primary N) is 1. The minimum absolute atomic E-state index is 0. The van der Waals surface area contributed by atoms with Crippen LogP contribution in [0.3, 0.4) is 0 Å². The Morgan fingerprint density at radius 1 is 1.33 bits per heavy atom. The van der Waals surface area contributed by atoms with Gasteiger partial charge in [-0.2, -0.15) is 0 Å². The van der Waals surface area contributed by atoms with Crippen molar-refractivity contribution in [3.63, 3.8) is 0 Å². The molecule has 1 amide bonds. The van der Waals surface area contributed by atoms with Crippen LogP contribution in [0.5, 0.6) is 0 Å². The Morgan fingerprint density at radius 2 is 2.00 bits per heavy atom. The molecule has 1 atom stereocenters. The third kappa shape index (κ3) is 5.48. The van der Waals surface area contributed by atoms with E-state index in [1.165, 1.54) is 12.8 Å². The smallest absolute Gasteiger partial charge is 0.251 e. The minimum atomic E-state index is -0.0612. The Morgan fingerprint density at radius 3 is 2.62 bits per heavy atom. The van der Waals surface area contributed by atoms with Gasteiger partial charge in [-0.3, -0.25) is 4.79 Å². The van der Waals surface area contributed by atoms with Crippen molar-refractivity contribution in [2.45, 2.75) is 18.9 Å². The van der Waals surface area contributed by atoms with E-state index in [0.717, 1.165) is 32.0 Å². The zero-order valence-electron chi connectivity index (χ0n) is 14.0. The minimum Gasteiger partial charge on any atom is -0.354 e.